The van der Waals surface area contributed by atoms with E-state index in [-0.39, 0.29) is 6.61 Å². The molecule has 3 rings (SSSR count). The number of aryl methyl sites for hydroxylation is 1. The molecule has 0 aromatic heterocycles. The van der Waals surface area contributed by atoms with Crippen molar-refractivity contribution in [2.75, 3.05) is 70.2 Å². The number of carbonyl (C=O) groups is 1. The van der Waals surface area contributed by atoms with Gasteiger partial charge in [-0.25, -0.2) is 4.79 Å². The van der Waals surface area contributed by atoms with Crippen molar-refractivity contribution >= 4 is 17.5 Å². The fourth-order valence-corrected chi connectivity index (χ4v) is 4.75. The number of piperidine rings is 1. The number of carboxylic acid groups (broad SMARTS) is 1. The fraction of sp³-hybridized carbons (Fsp3) is 0.696. The van der Waals surface area contributed by atoms with Crippen LogP contribution >= 0.6 is 0 Å². The van der Waals surface area contributed by atoms with Crippen molar-refractivity contribution < 1.29 is 19.7 Å². The average molecular weight is 435 g/mol. The molecule has 1 amide bonds. The number of benzene rings is 1. The minimum absolute atomic E-state index is 0.209. The lowest BCUT2D eigenvalue weighted by Crippen LogP contribution is -2.52. The molecule has 8 nitrogen and oxygen atoms in total. The van der Waals surface area contributed by atoms with Gasteiger partial charge in [-0.05, 0) is 50.8 Å². The second-order valence-electron chi connectivity index (χ2n) is 8.70. The summed E-state index contributed by atoms with van der Waals surface area (Å²) in [6.45, 7) is 6.80. The zero-order valence-electron chi connectivity index (χ0n) is 19.0. The highest BCUT2D eigenvalue weighted by atomic mass is 16.5. The molecule has 1 aromatic carbocycles. The number of nitrogens with one attached hydrogen (secondary N) is 1. The summed E-state index contributed by atoms with van der Waals surface area (Å²) in [6, 6.07) is 4.56. The van der Waals surface area contributed by atoms with Crippen molar-refractivity contribution in [3.8, 4) is 5.75 Å². The van der Waals surface area contributed by atoms with Gasteiger partial charge in [0, 0.05) is 63.7 Å². The summed E-state index contributed by atoms with van der Waals surface area (Å²) in [5.41, 5.74) is 2.78. The smallest absolute Gasteiger partial charge is 0.409 e. The summed E-state index contributed by atoms with van der Waals surface area (Å²) in [4.78, 5) is 18.7. The molecule has 2 aliphatic rings. The Balaban J connectivity index is 1.72. The molecule has 2 aliphatic heterocycles. The van der Waals surface area contributed by atoms with Crippen LogP contribution in [0.1, 0.15) is 37.7 Å². The third kappa shape index (κ3) is 6.48. The molecule has 2 fully saturated rings. The van der Waals surface area contributed by atoms with E-state index in [9.17, 15) is 9.90 Å². The second-order valence-corrected chi connectivity index (χ2v) is 8.70. The van der Waals surface area contributed by atoms with E-state index < -0.39 is 6.09 Å². The van der Waals surface area contributed by atoms with E-state index in [0.717, 1.165) is 89.0 Å². The molecule has 0 bridgehead atoms. The summed E-state index contributed by atoms with van der Waals surface area (Å²) < 4.78 is 5.50. The minimum atomic E-state index is -1.09. The van der Waals surface area contributed by atoms with Crippen LogP contribution in [0.5, 0.6) is 5.75 Å². The maximum absolute atomic E-state index is 11.2. The molecule has 3 N–H and O–H groups in total. The first-order valence-electron chi connectivity index (χ1n) is 11.5. The number of hydrogen-bond donors (Lipinski definition) is 3. The molecule has 0 spiro atoms. The molecule has 1 aromatic rings. The molecular formula is C23H38N4O4. The molecule has 0 aliphatic carbocycles. The Morgan fingerprint density at radius 3 is 2.42 bits per heavy atom. The zero-order valence-corrected chi connectivity index (χ0v) is 19.0. The first-order chi connectivity index (χ1) is 15.0. The van der Waals surface area contributed by atoms with E-state index in [1.54, 1.807) is 7.11 Å². The van der Waals surface area contributed by atoms with Gasteiger partial charge in [0.2, 0.25) is 0 Å². The monoisotopic (exact) mass is 434 g/mol. The van der Waals surface area contributed by atoms with E-state index >= 15 is 0 Å². The predicted molar refractivity (Wildman–Crippen MR) is 124 cm³/mol. The number of methoxy groups -OCH3 is 1. The van der Waals surface area contributed by atoms with Crippen LogP contribution in [0.4, 0.5) is 16.2 Å². The van der Waals surface area contributed by atoms with E-state index in [0.29, 0.717) is 17.5 Å². The number of piperazine rings is 1. The molecule has 8 heteroatoms. The summed E-state index contributed by atoms with van der Waals surface area (Å²) in [5.74, 6) is 0.553. The molecule has 2 heterocycles. The Morgan fingerprint density at radius 2 is 1.81 bits per heavy atom. The highest BCUT2D eigenvalue weighted by Gasteiger charge is 2.28. The average Bonchev–Trinajstić information content (AvgIpc) is 2.77. The summed E-state index contributed by atoms with van der Waals surface area (Å²) in [6.07, 6.45) is 4.76. The molecule has 174 valence electrons. The predicted octanol–water partition coefficient (Wildman–Crippen LogP) is 2.71. The van der Waals surface area contributed by atoms with Gasteiger partial charge in [-0.3, -0.25) is 10.2 Å². The number of unbranched alkanes of at least 4 members (excludes halogenated alkanes) is 2. The van der Waals surface area contributed by atoms with Crippen molar-refractivity contribution in [3.05, 3.63) is 17.7 Å². The zero-order chi connectivity index (χ0) is 22.2. The van der Waals surface area contributed by atoms with Gasteiger partial charge in [0.05, 0.1) is 12.8 Å². The van der Waals surface area contributed by atoms with Crippen molar-refractivity contribution in [3.63, 3.8) is 0 Å². The fourth-order valence-electron chi connectivity index (χ4n) is 4.75. The molecular weight excluding hydrogens is 396 g/mol. The normalized spacial score (nSPS) is 18.9. The quantitative estimate of drug-likeness (QED) is 0.515. The van der Waals surface area contributed by atoms with Gasteiger partial charge >= 0.3 is 6.09 Å². The number of aliphatic hydroxyl groups excluding tert-OH is 1. The maximum atomic E-state index is 11.2. The Kier molecular flexibility index (Phi) is 8.80. The van der Waals surface area contributed by atoms with Crippen molar-refractivity contribution in [2.24, 2.45) is 0 Å². The van der Waals surface area contributed by atoms with Crippen LogP contribution in [0.3, 0.4) is 0 Å². The Bertz CT molecular complexity index is 714. The van der Waals surface area contributed by atoms with Crippen molar-refractivity contribution in [1.29, 1.82) is 0 Å². The van der Waals surface area contributed by atoms with Crippen molar-refractivity contribution in [1.82, 2.24) is 9.80 Å². The van der Waals surface area contributed by atoms with Gasteiger partial charge in [0.1, 0.15) is 5.75 Å². The Morgan fingerprint density at radius 1 is 1.10 bits per heavy atom. The third-order valence-electron chi connectivity index (χ3n) is 6.61. The minimum Gasteiger partial charge on any atom is -0.494 e. The van der Waals surface area contributed by atoms with Crippen LogP contribution in [0.2, 0.25) is 0 Å². The van der Waals surface area contributed by atoms with Gasteiger partial charge in [-0.15, -0.1) is 0 Å². The van der Waals surface area contributed by atoms with Crippen LogP contribution in [-0.2, 0) is 6.42 Å². The highest BCUT2D eigenvalue weighted by Crippen LogP contribution is 2.36. The second kappa shape index (κ2) is 11.5. The number of amides is 1. The Labute approximate surface area is 185 Å². The summed E-state index contributed by atoms with van der Waals surface area (Å²) >= 11 is 0. The van der Waals surface area contributed by atoms with E-state index in [2.05, 4.69) is 27.1 Å². The molecule has 0 radical (unpaired) electrons. The SMILES string of the molecule is COc1cc(N2CCC(N3CCN(C)CC3)CC2)c(CCCCCO)cc1NC(=O)O. The van der Waals surface area contributed by atoms with Gasteiger partial charge in [0.25, 0.3) is 0 Å². The van der Waals surface area contributed by atoms with Crippen LogP contribution in [0.25, 0.3) is 0 Å². The number of hydrogen-bond acceptors (Lipinski definition) is 6. The standard InChI is InChI=1S/C23H38N4O4/c1-25-11-13-26(14-12-25)19-7-9-27(10-8-19)21-17-22(31-2)20(24-23(29)30)16-18(21)6-4-3-5-15-28/h16-17,19,24,28H,3-15H2,1-2H3,(H,29,30). The van der Waals surface area contributed by atoms with Gasteiger partial charge < -0.3 is 24.7 Å². The van der Waals surface area contributed by atoms with Gasteiger partial charge in [-0.2, -0.15) is 0 Å². The molecule has 0 atom stereocenters. The van der Waals surface area contributed by atoms with E-state index in [1.165, 1.54) is 0 Å². The number of anilines is 2. The molecule has 31 heavy (non-hydrogen) atoms. The summed E-state index contributed by atoms with van der Waals surface area (Å²) in [5, 5.41) is 20.7. The lowest BCUT2D eigenvalue weighted by Gasteiger charge is -2.43. The van der Waals surface area contributed by atoms with Crippen LogP contribution in [0.15, 0.2) is 12.1 Å². The van der Waals surface area contributed by atoms with E-state index in [1.807, 2.05) is 12.1 Å². The van der Waals surface area contributed by atoms with Gasteiger partial charge in [-0.1, -0.05) is 6.42 Å². The van der Waals surface area contributed by atoms with Gasteiger partial charge in [0.15, 0.2) is 0 Å². The first kappa shape index (κ1) is 23.6. The molecule has 2 saturated heterocycles. The largest absolute Gasteiger partial charge is 0.494 e. The number of rotatable bonds is 9. The number of nitrogens with zero attached hydrogens (tertiary/aromatic N) is 3. The van der Waals surface area contributed by atoms with Crippen LogP contribution in [-0.4, -0.2) is 92.2 Å². The lowest BCUT2D eigenvalue weighted by molar-refractivity contribution is 0.0982. The number of aliphatic hydroxyl groups is 1. The van der Waals surface area contributed by atoms with Crippen LogP contribution in [0, 0.1) is 0 Å². The third-order valence-corrected chi connectivity index (χ3v) is 6.61. The number of ether oxygens (including phenoxy) is 1. The Hall–Kier alpha value is -2.03. The van der Waals surface area contributed by atoms with Crippen molar-refractivity contribution in [2.45, 2.75) is 44.6 Å². The highest BCUT2D eigenvalue weighted by molar-refractivity contribution is 5.86. The topological polar surface area (TPSA) is 88.5 Å². The number of likely N-dealkylation sites (N-methyl/N-ethyl adjacent to an activating group) is 1. The first-order valence-corrected chi connectivity index (χ1v) is 11.5. The van der Waals surface area contributed by atoms with E-state index in [4.69, 9.17) is 9.84 Å². The molecule has 0 saturated carbocycles. The maximum Gasteiger partial charge on any atom is 0.409 e. The molecule has 0 unspecified atom stereocenters. The lowest BCUT2D eigenvalue weighted by atomic mass is 9.98. The summed E-state index contributed by atoms with van der Waals surface area (Å²) in [7, 11) is 3.77. The van der Waals surface area contributed by atoms with Crippen LogP contribution < -0.4 is 15.0 Å².